The average Bonchev–Trinajstić information content (AvgIpc) is 3.45. The summed E-state index contributed by atoms with van der Waals surface area (Å²) in [7, 11) is -7.49. The van der Waals surface area contributed by atoms with Gasteiger partial charge in [0.05, 0.1) is 11.9 Å². The molecule has 6 nitrogen and oxygen atoms in total. The Morgan fingerprint density at radius 2 is 1.16 bits per heavy atom. The van der Waals surface area contributed by atoms with E-state index in [2.05, 4.69) is 14.4 Å². The van der Waals surface area contributed by atoms with Crippen LogP contribution in [0.15, 0.2) is 101 Å². The van der Waals surface area contributed by atoms with E-state index in [4.69, 9.17) is 0 Å². The Kier molecular flexibility index (Phi) is 9.78. The van der Waals surface area contributed by atoms with Crippen LogP contribution in [0.4, 0.5) is 57.1 Å². The van der Waals surface area contributed by atoms with E-state index in [-0.39, 0.29) is 5.56 Å². The van der Waals surface area contributed by atoms with Crippen LogP contribution in [0.3, 0.4) is 0 Å². The first-order valence-corrected chi connectivity index (χ1v) is 15.2. The second-order valence-corrected chi connectivity index (χ2v) is 12.1. The van der Waals surface area contributed by atoms with Gasteiger partial charge in [-0.2, -0.15) is 70.6 Å². The largest absolute Gasteiger partial charge is 0.460 e. The van der Waals surface area contributed by atoms with E-state index >= 15 is 0 Å². The van der Waals surface area contributed by atoms with Gasteiger partial charge in [-0.3, -0.25) is 4.57 Å². The molecule has 4 aromatic rings. The van der Waals surface area contributed by atoms with Gasteiger partial charge in [0.25, 0.3) is 0 Å². The van der Waals surface area contributed by atoms with E-state index in [1.807, 2.05) is 30.3 Å². The molecule has 49 heavy (non-hydrogen) atoms. The Morgan fingerprint density at radius 3 is 1.69 bits per heavy atom. The Hall–Kier alpha value is -4.40. The molecule has 0 radical (unpaired) electrons. The monoisotopic (exact) mass is 753 g/mol. The zero-order valence-corrected chi connectivity index (χ0v) is 25.2. The summed E-state index contributed by atoms with van der Waals surface area (Å²) >= 11 is 1.19. The molecule has 0 fully saturated rings. The summed E-state index contributed by atoms with van der Waals surface area (Å²) in [5.74, 6) is -34.0. The van der Waals surface area contributed by atoms with Crippen LogP contribution < -0.4 is 8.98 Å². The lowest BCUT2D eigenvalue weighted by Gasteiger charge is -2.38. The maximum absolute atomic E-state index is 14.2. The Morgan fingerprint density at radius 1 is 0.653 bits per heavy atom. The molecule has 4 rings (SSSR count). The minimum atomic E-state index is -8.30. The minimum absolute atomic E-state index is 0.0252. The number of benzene rings is 3. The van der Waals surface area contributed by atoms with Crippen molar-refractivity contribution in [2.45, 2.75) is 35.1 Å². The third-order valence-corrected chi connectivity index (χ3v) is 8.56. The molecule has 1 heterocycles. The molecule has 1 aromatic heterocycles. The molecule has 0 saturated carbocycles. The van der Waals surface area contributed by atoms with E-state index in [0.717, 1.165) is 29.6 Å². The van der Waals surface area contributed by atoms with Gasteiger partial charge >= 0.3 is 45.2 Å². The van der Waals surface area contributed by atoms with Crippen LogP contribution in [-0.4, -0.2) is 54.3 Å². The molecular formula is C28H16F13N3O3S2. The molecular weight excluding hydrogens is 737 g/mol. The molecule has 3 aromatic carbocycles. The van der Waals surface area contributed by atoms with Gasteiger partial charge < -0.3 is 4.18 Å². The second kappa shape index (κ2) is 12.8. The van der Waals surface area contributed by atoms with Gasteiger partial charge in [0, 0.05) is 11.1 Å². The lowest BCUT2D eigenvalue weighted by Crippen LogP contribution is -2.71. The van der Waals surface area contributed by atoms with Crippen molar-refractivity contribution in [2.75, 3.05) is 0 Å². The molecule has 0 aliphatic heterocycles. The van der Waals surface area contributed by atoms with Crippen LogP contribution in [-0.2, 0) is 10.1 Å². The predicted molar refractivity (Wildman–Crippen MR) is 149 cm³/mol. The van der Waals surface area contributed by atoms with E-state index in [1.54, 1.807) is 40.3 Å². The first kappa shape index (κ1) is 37.4. The number of nitrogens with zero attached hydrogens (tertiary/aromatic N) is 3. The quantitative estimate of drug-likeness (QED) is 0.0668. The van der Waals surface area contributed by atoms with Crippen molar-refractivity contribution >= 4 is 27.7 Å². The van der Waals surface area contributed by atoms with Gasteiger partial charge in [-0.25, -0.2) is 0 Å². The van der Waals surface area contributed by atoms with E-state index in [1.165, 1.54) is 11.3 Å². The van der Waals surface area contributed by atoms with Crippen molar-refractivity contribution in [2.24, 2.45) is 10.2 Å². The molecule has 0 atom stereocenters. The van der Waals surface area contributed by atoms with Crippen LogP contribution in [0.25, 0.3) is 16.9 Å². The summed E-state index contributed by atoms with van der Waals surface area (Å²) in [5, 5.41) is 2.32. The molecule has 0 aliphatic rings. The van der Waals surface area contributed by atoms with Gasteiger partial charge in [-0.15, -0.1) is 16.4 Å². The highest BCUT2D eigenvalue weighted by Crippen LogP contribution is 2.61. The fourth-order valence-electron chi connectivity index (χ4n) is 3.86. The van der Waals surface area contributed by atoms with Crippen LogP contribution in [0.2, 0.25) is 0 Å². The highest BCUT2D eigenvalue weighted by molar-refractivity contribution is 7.88. The van der Waals surface area contributed by atoms with E-state index < -0.39 is 51.0 Å². The average molecular weight is 754 g/mol. The first-order valence-electron chi connectivity index (χ1n) is 12.9. The van der Waals surface area contributed by atoms with E-state index in [9.17, 15) is 65.5 Å². The van der Waals surface area contributed by atoms with Crippen LogP contribution in [0.1, 0.15) is 5.56 Å². The highest BCUT2D eigenvalue weighted by atomic mass is 32.2. The van der Waals surface area contributed by atoms with Crippen LogP contribution in [0, 0.1) is 0 Å². The Labute approximate surface area is 270 Å². The number of rotatable bonds is 11. The van der Waals surface area contributed by atoms with Gasteiger partial charge in [0.2, 0.25) is 4.80 Å². The summed E-state index contributed by atoms with van der Waals surface area (Å²) in [5.41, 5.74) is 2.31. The number of alkyl halides is 13. The van der Waals surface area contributed by atoms with Gasteiger partial charge in [0.15, 0.2) is 0 Å². The normalized spacial score (nSPS) is 14.4. The highest BCUT2D eigenvalue weighted by Gasteiger charge is 2.93. The lowest BCUT2D eigenvalue weighted by molar-refractivity contribution is -0.433. The Bertz CT molecular complexity index is 1980. The third kappa shape index (κ3) is 6.52. The van der Waals surface area contributed by atoms with Crippen molar-refractivity contribution in [3.8, 4) is 22.7 Å². The first-order chi connectivity index (χ1) is 22.5. The number of hydrogen-bond donors (Lipinski definition) is 0. The van der Waals surface area contributed by atoms with Gasteiger partial charge in [-0.05, 0) is 47.5 Å². The third-order valence-electron chi connectivity index (χ3n) is 6.45. The maximum Gasteiger partial charge on any atom is 0.460 e. The molecule has 21 heteroatoms. The molecule has 0 spiro atoms. The van der Waals surface area contributed by atoms with Crippen LogP contribution >= 0.6 is 11.3 Å². The summed E-state index contributed by atoms with van der Waals surface area (Å²) in [6, 6.07) is 20.8. The van der Waals surface area contributed by atoms with Crippen LogP contribution in [0.5, 0.6) is 5.75 Å². The fraction of sp³-hybridized carbons (Fsp3) is 0.214. The Balaban J connectivity index is 1.59. The number of aromatic nitrogens is 1. The smallest absolute Gasteiger partial charge is 0.378 e. The minimum Gasteiger partial charge on any atom is -0.378 e. The molecule has 0 bridgehead atoms. The summed E-state index contributed by atoms with van der Waals surface area (Å²) in [4.78, 5) is 0.353. The molecule has 0 saturated heterocycles. The van der Waals surface area contributed by atoms with Crippen molar-refractivity contribution < 1.29 is 69.7 Å². The lowest BCUT2D eigenvalue weighted by atomic mass is 9.98. The molecule has 0 amide bonds. The topological polar surface area (TPSA) is 73.0 Å². The summed E-state index contributed by atoms with van der Waals surface area (Å²) < 4.78 is 203. The van der Waals surface area contributed by atoms with Crippen molar-refractivity contribution in [3.05, 3.63) is 101 Å². The standard InChI is InChI=1S/C28H16F13N3O3S2/c29-23(30,25(33,34)27(37,38)39)24(31,32)26(35,36)28(40,41)49(45,46)47-20-13-11-17(12-14-20)15-42-43-22-44(19-9-5-2-6-10-19)21(16-48-22)18-7-3-1-4-8-18/h1-16H/b42-15+,43-22-. The SMILES string of the molecule is O=S(=O)(Oc1ccc(/C=N/N=c2\scc(-c3ccccc3)n2-c2ccccc2)cc1)C(F)(F)C(F)(F)C(F)(F)C(F)(F)C(F)(F)C(F)(F)F. The molecule has 0 unspecified atom stereocenters. The number of hydrogen-bond acceptors (Lipinski definition) is 6. The fourth-order valence-corrected chi connectivity index (χ4v) is 5.64. The predicted octanol–water partition coefficient (Wildman–Crippen LogP) is 8.55. The number of para-hydroxylation sites is 1. The van der Waals surface area contributed by atoms with Crippen molar-refractivity contribution in [1.82, 2.24) is 4.57 Å². The van der Waals surface area contributed by atoms with E-state index in [0.29, 0.717) is 22.6 Å². The number of halogens is 13. The summed E-state index contributed by atoms with van der Waals surface area (Å²) in [6.45, 7) is 0. The maximum atomic E-state index is 14.2. The van der Waals surface area contributed by atoms with Gasteiger partial charge in [-0.1, -0.05) is 48.5 Å². The molecule has 0 aliphatic carbocycles. The zero-order chi connectivity index (χ0) is 36.7. The molecule has 0 N–H and O–H groups in total. The molecule has 264 valence electrons. The van der Waals surface area contributed by atoms with Crippen molar-refractivity contribution in [1.29, 1.82) is 0 Å². The zero-order valence-electron chi connectivity index (χ0n) is 23.5. The number of thiazole rings is 1. The van der Waals surface area contributed by atoms with Crippen molar-refractivity contribution in [3.63, 3.8) is 0 Å². The second-order valence-electron chi connectivity index (χ2n) is 9.70. The van der Waals surface area contributed by atoms with Gasteiger partial charge in [0.1, 0.15) is 5.75 Å². The summed E-state index contributed by atoms with van der Waals surface area (Å²) in [6.07, 6.45) is -6.60.